The van der Waals surface area contributed by atoms with Crippen LogP contribution in [0.1, 0.15) is 10.4 Å². The Morgan fingerprint density at radius 1 is 1.00 bits per heavy atom. The standard InChI is InChI=1S/C20H24N2O7S/c1-26-17-11-14(12-18(27-2)19(17)28-3)20(23)21-15-5-4-6-16(13-15)30(24,25)22-7-9-29-10-8-22/h4-6,11-13H,7-10H2,1-3H3,(H,21,23). The molecule has 0 atom stereocenters. The van der Waals surface area contributed by atoms with E-state index in [1.54, 1.807) is 12.1 Å². The van der Waals surface area contributed by atoms with Gasteiger partial charge in [0.1, 0.15) is 0 Å². The van der Waals surface area contributed by atoms with E-state index in [0.29, 0.717) is 49.2 Å². The molecular formula is C20H24N2O7S. The number of nitrogens with zero attached hydrogens (tertiary/aromatic N) is 1. The molecule has 2 aromatic carbocycles. The first kappa shape index (κ1) is 21.9. The van der Waals surface area contributed by atoms with Crippen LogP contribution < -0.4 is 19.5 Å². The Hall–Kier alpha value is -2.82. The van der Waals surface area contributed by atoms with Crippen LogP contribution >= 0.6 is 0 Å². The molecule has 30 heavy (non-hydrogen) atoms. The zero-order valence-corrected chi connectivity index (χ0v) is 17.8. The van der Waals surface area contributed by atoms with Crippen molar-refractivity contribution in [3.63, 3.8) is 0 Å². The SMILES string of the molecule is COc1cc(C(=O)Nc2cccc(S(=O)(=O)N3CCOCC3)c2)cc(OC)c1OC. The second-order valence-corrected chi connectivity index (χ2v) is 8.35. The zero-order chi connectivity index (χ0) is 21.7. The van der Waals surface area contributed by atoms with E-state index in [-0.39, 0.29) is 10.5 Å². The van der Waals surface area contributed by atoms with Crippen molar-refractivity contribution in [3.8, 4) is 17.2 Å². The maximum atomic E-state index is 12.8. The summed E-state index contributed by atoms with van der Waals surface area (Å²) in [5.41, 5.74) is 0.619. The summed E-state index contributed by atoms with van der Waals surface area (Å²) in [6.45, 7) is 1.31. The van der Waals surface area contributed by atoms with Crippen LogP contribution in [0.4, 0.5) is 5.69 Å². The number of nitrogens with one attached hydrogen (secondary N) is 1. The average molecular weight is 436 g/mol. The van der Waals surface area contributed by atoms with Crippen molar-refractivity contribution < 1.29 is 32.2 Å². The Morgan fingerprint density at radius 3 is 2.20 bits per heavy atom. The minimum Gasteiger partial charge on any atom is -0.493 e. The molecule has 3 rings (SSSR count). The molecule has 0 saturated carbocycles. The van der Waals surface area contributed by atoms with E-state index >= 15 is 0 Å². The van der Waals surface area contributed by atoms with Crippen LogP contribution in [0.2, 0.25) is 0 Å². The lowest BCUT2D eigenvalue weighted by Gasteiger charge is -2.26. The maximum absolute atomic E-state index is 12.8. The number of carbonyl (C=O) groups is 1. The number of sulfonamides is 1. The van der Waals surface area contributed by atoms with Gasteiger partial charge in [0, 0.05) is 24.3 Å². The second kappa shape index (κ2) is 9.33. The molecule has 0 aromatic heterocycles. The molecule has 2 aromatic rings. The molecule has 1 N–H and O–H groups in total. The number of ether oxygens (including phenoxy) is 4. The fourth-order valence-electron chi connectivity index (χ4n) is 3.09. The molecule has 162 valence electrons. The molecule has 0 radical (unpaired) electrons. The van der Waals surface area contributed by atoms with Gasteiger partial charge in [0.2, 0.25) is 15.8 Å². The van der Waals surface area contributed by atoms with E-state index in [4.69, 9.17) is 18.9 Å². The number of anilines is 1. The molecule has 10 heteroatoms. The van der Waals surface area contributed by atoms with E-state index in [9.17, 15) is 13.2 Å². The first-order valence-electron chi connectivity index (χ1n) is 9.20. The van der Waals surface area contributed by atoms with Gasteiger partial charge in [-0.25, -0.2) is 8.42 Å². The molecular weight excluding hydrogens is 412 g/mol. The number of hydrogen-bond donors (Lipinski definition) is 1. The van der Waals surface area contributed by atoms with Crippen molar-refractivity contribution >= 4 is 21.6 Å². The van der Waals surface area contributed by atoms with Crippen LogP contribution in [0, 0.1) is 0 Å². The Bertz CT molecular complexity index is 993. The number of methoxy groups -OCH3 is 3. The molecule has 0 unspecified atom stereocenters. The van der Waals surface area contributed by atoms with Crippen molar-refractivity contribution in [2.24, 2.45) is 0 Å². The van der Waals surface area contributed by atoms with Gasteiger partial charge >= 0.3 is 0 Å². The number of hydrogen-bond acceptors (Lipinski definition) is 7. The first-order valence-corrected chi connectivity index (χ1v) is 10.6. The van der Waals surface area contributed by atoms with Gasteiger partial charge in [-0.1, -0.05) is 6.07 Å². The highest BCUT2D eigenvalue weighted by molar-refractivity contribution is 7.89. The van der Waals surface area contributed by atoms with Gasteiger partial charge in [0.15, 0.2) is 11.5 Å². The summed E-state index contributed by atoms with van der Waals surface area (Å²) >= 11 is 0. The average Bonchev–Trinajstić information content (AvgIpc) is 2.78. The largest absolute Gasteiger partial charge is 0.493 e. The quantitative estimate of drug-likeness (QED) is 0.708. The van der Waals surface area contributed by atoms with Crippen LogP contribution in [0.5, 0.6) is 17.2 Å². The highest BCUT2D eigenvalue weighted by atomic mass is 32.2. The molecule has 1 heterocycles. The summed E-state index contributed by atoms with van der Waals surface area (Å²) in [6.07, 6.45) is 0. The Morgan fingerprint density at radius 2 is 1.63 bits per heavy atom. The van der Waals surface area contributed by atoms with Gasteiger partial charge < -0.3 is 24.3 Å². The summed E-state index contributed by atoms with van der Waals surface area (Å²) in [7, 11) is 0.718. The molecule has 0 spiro atoms. The van der Waals surface area contributed by atoms with Crippen LogP contribution in [0.15, 0.2) is 41.3 Å². The van der Waals surface area contributed by atoms with Gasteiger partial charge in [-0.2, -0.15) is 4.31 Å². The molecule has 1 amide bonds. The van der Waals surface area contributed by atoms with Gasteiger partial charge in [0.05, 0.1) is 39.4 Å². The number of rotatable bonds is 7. The van der Waals surface area contributed by atoms with E-state index in [1.807, 2.05) is 0 Å². The lowest BCUT2D eigenvalue weighted by molar-refractivity contribution is 0.0730. The Kier molecular flexibility index (Phi) is 6.80. The lowest BCUT2D eigenvalue weighted by Crippen LogP contribution is -2.40. The molecule has 1 aliphatic heterocycles. The predicted molar refractivity (Wildman–Crippen MR) is 110 cm³/mol. The van der Waals surface area contributed by atoms with Crippen LogP contribution in [0.3, 0.4) is 0 Å². The van der Waals surface area contributed by atoms with E-state index in [0.717, 1.165) is 0 Å². The zero-order valence-electron chi connectivity index (χ0n) is 17.0. The molecule has 1 fully saturated rings. The molecule has 1 saturated heterocycles. The van der Waals surface area contributed by atoms with E-state index in [2.05, 4.69) is 5.32 Å². The van der Waals surface area contributed by atoms with Gasteiger partial charge in [-0.05, 0) is 30.3 Å². The number of benzene rings is 2. The van der Waals surface area contributed by atoms with Crippen molar-refractivity contribution in [1.82, 2.24) is 4.31 Å². The normalized spacial score (nSPS) is 14.8. The third-order valence-corrected chi connectivity index (χ3v) is 6.52. The number of morpholine rings is 1. The third kappa shape index (κ3) is 4.50. The Balaban J connectivity index is 1.85. The highest BCUT2D eigenvalue weighted by Gasteiger charge is 2.26. The van der Waals surface area contributed by atoms with E-state index < -0.39 is 15.9 Å². The highest BCUT2D eigenvalue weighted by Crippen LogP contribution is 2.38. The second-order valence-electron chi connectivity index (χ2n) is 6.41. The lowest BCUT2D eigenvalue weighted by atomic mass is 10.1. The number of carbonyl (C=O) groups excluding carboxylic acids is 1. The van der Waals surface area contributed by atoms with Crippen LogP contribution in [0.25, 0.3) is 0 Å². The summed E-state index contributed by atoms with van der Waals surface area (Å²) in [5.74, 6) is 0.599. The van der Waals surface area contributed by atoms with Crippen molar-refractivity contribution in [2.75, 3.05) is 52.9 Å². The van der Waals surface area contributed by atoms with Crippen LogP contribution in [-0.2, 0) is 14.8 Å². The van der Waals surface area contributed by atoms with Gasteiger partial charge in [-0.15, -0.1) is 0 Å². The van der Waals surface area contributed by atoms with Crippen molar-refractivity contribution in [1.29, 1.82) is 0 Å². The van der Waals surface area contributed by atoms with Gasteiger partial charge in [-0.3, -0.25) is 4.79 Å². The Labute approximate surface area is 175 Å². The fraction of sp³-hybridized carbons (Fsp3) is 0.350. The number of amides is 1. The predicted octanol–water partition coefficient (Wildman–Crippen LogP) is 1.99. The molecule has 0 aliphatic carbocycles. The summed E-state index contributed by atoms with van der Waals surface area (Å²) in [4.78, 5) is 12.9. The van der Waals surface area contributed by atoms with E-state index in [1.165, 1.54) is 49.9 Å². The minimum absolute atomic E-state index is 0.104. The summed E-state index contributed by atoms with van der Waals surface area (Å²) in [6, 6.07) is 9.17. The minimum atomic E-state index is -3.67. The smallest absolute Gasteiger partial charge is 0.255 e. The topological polar surface area (TPSA) is 103 Å². The van der Waals surface area contributed by atoms with Gasteiger partial charge in [0.25, 0.3) is 5.91 Å². The monoisotopic (exact) mass is 436 g/mol. The van der Waals surface area contributed by atoms with Crippen molar-refractivity contribution in [2.45, 2.75) is 4.90 Å². The third-order valence-electron chi connectivity index (χ3n) is 4.63. The summed E-state index contributed by atoms with van der Waals surface area (Å²) in [5, 5.41) is 2.72. The van der Waals surface area contributed by atoms with Crippen molar-refractivity contribution in [3.05, 3.63) is 42.0 Å². The molecule has 9 nitrogen and oxygen atoms in total. The molecule has 0 bridgehead atoms. The van der Waals surface area contributed by atoms with Crippen LogP contribution in [-0.4, -0.2) is 66.3 Å². The first-order chi connectivity index (χ1) is 14.4. The molecule has 1 aliphatic rings. The summed E-state index contributed by atoms with van der Waals surface area (Å²) < 4.78 is 48.1. The fourth-order valence-corrected chi connectivity index (χ4v) is 4.54. The maximum Gasteiger partial charge on any atom is 0.255 e.